The van der Waals surface area contributed by atoms with Crippen LogP contribution in [0.2, 0.25) is 0 Å². The quantitative estimate of drug-likeness (QED) is 0.700. The molecule has 24 heavy (non-hydrogen) atoms. The zero-order valence-electron chi connectivity index (χ0n) is 15.1. The molecule has 0 bridgehead atoms. The third-order valence-electron chi connectivity index (χ3n) is 7.12. The first-order valence-corrected chi connectivity index (χ1v) is 8.97. The number of alkyl halides is 3. The molecule has 1 N–H and O–H groups in total. The third-order valence-corrected chi connectivity index (χ3v) is 7.12. The van der Waals surface area contributed by atoms with Gasteiger partial charge in [-0.3, -0.25) is 0 Å². The van der Waals surface area contributed by atoms with Crippen molar-refractivity contribution in [3.63, 3.8) is 0 Å². The molecule has 0 amide bonds. The maximum atomic E-state index is 13.6. The highest BCUT2D eigenvalue weighted by Crippen LogP contribution is 2.64. The van der Waals surface area contributed by atoms with Gasteiger partial charge in [-0.25, -0.2) is 0 Å². The van der Waals surface area contributed by atoms with E-state index in [2.05, 4.69) is 6.92 Å². The number of hydrogen-bond donors (Lipinski definition) is 1. The second-order valence-corrected chi connectivity index (χ2v) is 8.98. The molecule has 0 aromatic rings. The molecule has 3 aliphatic rings. The Bertz CT molecular complexity index is 506. The van der Waals surface area contributed by atoms with E-state index in [9.17, 15) is 18.3 Å². The Hall–Kier alpha value is -0.330. The van der Waals surface area contributed by atoms with Gasteiger partial charge in [-0.05, 0) is 50.9 Å². The summed E-state index contributed by atoms with van der Waals surface area (Å²) < 4.78 is 52.3. The number of rotatable bonds is 0. The van der Waals surface area contributed by atoms with E-state index in [0.29, 0.717) is 12.3 Å². The van der Waals surface area contributed by atoms with Crippen molar-refractivity contribution in [1.82, 2.24) is 0 Å². The predicted molar refractivity (Wildman–Crippen MR) is 82.9 cm³/mol. The van der Waals surface area contributed by atoms with E-state index in [-0.39, 0.29) is 11.8 Å². The van der Waals surface area contributed by atoms with Crippen LogP contribution >= 0.6 is 0 Å². The maximum absolute atomic E-state index is 13.6. The molecule has 3 nitrogen and oxygen atoms in total. The average Bonchev–Trinajstić information content (AvgIpc) is 2.52. The summed E-state index contributed by atoms with van der Waals surface area (Å²) in [6.07, 6.45) is -2.64. The molecule has 2 aliphatic heterocycles. The Labute approximate surface area is 141 Å². The van der Waals surface area contributed by atoms with Crippen LogP contribution in [0.4, 0.5) is 13.2 Å². The molecule has 2 heterocycles. The molecular weight excluding hydrogens is 321 g/mol. The number of aliphatic hydroxyl groups is 1. The Morgan fingerprint density at radius 3 is 2.17 bits per heavy atom. The largest absolute Gasteiger partial charge is 0.443 e. The normalized spacial score (nSPS) is 51.6. The molecule has 6 heteroatoms. The molecule has 0 aromatic carbocycles. The first-order chi connectivity index (χ1) is 10.8. The zero-order valence-corrected chi connectivity index (χ0v) is 15.1. The van der Waals surface area contributed by atoms with Crippen molar-refractivity contribution in [2.75, 3.05) is 0 Å². The van der Waals surface area contributed by atoms with Gasteiger partial charge in [-0.2, -0.15) is 13.2 Å². The van der Waals surface area contributed by atoms with E-state index in [1.165, 1.54) is 6.92 Å². The highest BCUT2D eigenvalue weighted by atomic mass is 19.4. The van der Waals surface area contributed by atoms with Gasteiger partial charge >= 0.3 is 6.18 Å². The van der Waals surface area contributed by atoms with E-state index in [0.717, 1.165) is 19.3 Å². The summed E-state index contributed by atoms with van der Waals surface area (Å²) in [6.45, 7) is 9.44. The summed E-state index contributed by atoms with van der Waals surface area (Å²) in [5.41, 5.74) is -1.08. The van der Waals surface area contributed by atoms with Crippen molar-refractivity contribution in [2.45, 2.75) is 84.2 Å². The second-order valence-electron chi connectivity index (χ2n) is 8.98. The highest BCUT2D eigenvalue weighted by Gasteiger charge is 2.71. The smallest absolute Gasteiger partial charge is 0.358 e. The lowest BCUT2D eigenvalue weighted by molar-refractivity contribution is -0.472. The van der Waals surface area contributed by atoms with Crippen LogP contribution in [0.15, 0.2) is 0 Å². The van der Waals surface area contributed by atoms with Gasteiger partial charge in [0.1, 0.15) is 0 Å². The van der Waals surface area contributed by atoms with Crippen LogP contribution in [-0.2, 0) is 9.47 Å². The molecule has 3 fully saturated rings. The van der Waals surface area contributed by atoms with Crippen LogP contribution in [-0.4, -0.2) is 29.0 Å². The molecule has 1 aliphatic carbocycles. The van der Waals surface area contributed by atoms with Crippen molar-refractivity contribution in [3.8, 4) is 0 Å². The van der Waals surface area contributed by atoms with E-state index in [4.69, 9.17) is 9.47 Å². The standard InChI is InChI=1S/C18H29F3O3/c1-10-6-7-13-11(2)17(22,18(19,20)21)24-14-16(13,5)12(10)8-9-15(3,4)23-14/h10-14,22H,6-9H2,1-5H3/t10-,11-,12?,13+,14+,16+,17-/m1/s1. The van der Waals surface area contributed by atoms with Gasteiger partial charge in [0.2, 0.25) is 0 Å². The molecule has 1 saturated carbocycles. The molecular formula is C18H29F3O3. The zero-order chi connectivity index (χ0) is 18.1. The van der Waals surface area contributed by atoms with Gasteiger partial charge in [0.25, 0.3) is 5.79 Å². The Kier molecular flexibility index (Phi) is 4.10. The third kappa shape index (κ3) is 2.43. The van der Waals surface area contributed by atoms with Crippen LogP contribution < -0.4 is 0 Å². The van der Waals surface area contributed by atoms with Crippen molar-refractivity contribution in [1.29, 1.82) is 0 Å². The number of ether oxygens (including phenoxy) is 2. The molecule has 3 rings (SSSR count). The molecule has 7 atom stereocenters. The minimum atomic E-state index is -4.84. The van der Waals surface area contributed by atoms with E-state index >= 15 is 0 Å². The monoisotopic (exact) mass is 350 g/mol. The minimum Gasteiger partial charge on any atom is -0.358 e. The molecule has 140 valence electrons. The lowest BCUT2D eigenvalue weighted by atomic mass is 9.51. The number of hydrogen-bond acceptors (Lipinski definition) is 3. The second kappa shape index (κ2) is 5.34. The van der Waals surface area contributed by atoms with Crippen molar-refractivity contribution in [2.24, 2.45) is 29.1 Å². The fourth-order valence-electron chi connectivity index (χ4n) is 5.57. The van der Waals surface area contributed by atoms with E-state index in [1.807, 2.05) is 20.8 Å². The van der Waals surface area contributed by atoms with Crippen molar-refractivity contribution >= 4 is 0 Å². The molecule has 0 aromatic heterocycles. The Morgan fingerprint density at radius 1 is 0.958 bits per heavy atom. The van der Waals surface area contributed by atoms with Gasteiger partial charge in [0.15, 0.2) is 6.29 Å². The van der Waals surface area contributed by atoms with Crippen LogP contribution in [0.25, 0.3) is 0 Å². The van der Waals surface area contributed by atoms with E-state index in [1.54, 1.807) is 0 Å². The summed E-state index contributed by atoms with van der Waals surface area (Å²) in [5.74, 6) is -3.79. The molecule has 1 unspecified atom stereocenters. The van der Waals surface area contributed by atoms with E-state index < -0.39 is 35.2 Å². The minimum absolute atomic E-state index is 0.239. The highest BCUT2D eigenvalue weighted by molar-refractivity contribution is 5.07. The van der Waals surface area contributed by atoms with Crippen LogP contribution in [0.1, 0.15) is 60.3 Å². The molecule has 0 radical (unpaired) electrons. The summed E-state index contributed by atoms with van der Waals surface area (Å²) in [5, 5.41) is 10.4. The lowest BCUT2D eigenvalue weighted by Crippen LogP contribution is -2.68. The summed E-state index contributed by atoms with van der Waals surface area (Å²) in [7, 11) is 0. The summed E-state index contributed by atoms with van der Waals surface area (Å²) in [4.78, 5) is 0. The SMILES string of the molecule is C[C@@H]1CC[C@H]2[C@@H](C)[C@](O)(C(F)(F)F)O[C@@H]3OC(C)(C)CCC1[C@]32C. The van der Waals surface area contributed by atoms with Gasteiger partial charge in [0, 0.05) is 11.3 Å². The predicted octanol–water partition coefficient (Wildman–Crippen LogP) is 4.49. The Morgan fingerprint density at radius 2 is 1.58 bits per heavy atom. The van der Waals surface area contributed by atoms with Gasteiger partial charge in [-0.1, -0.05) is 27.2 Å². The lowest BCUT2D eigenvalue weighted by Gasteiger charge is -2.61. The van der Waals surface area contributed by atoms with Gasteiger partial charge in [0.05, 0.1) is 5.60 Å². The summed E-state index contributed by atoms with van der Waals surface area (Å²) in [6, 6.07) is 0. The Balaban J connectivity index is 2.10. The van der Waals surface area contributed by atoms with Crippen molar-refractivity contribution in [3.05, 3.63) is 0 Å². The fraction of sp³-hybridized carbons (Fsp3) is 1.00. The number of halogens is 3. The van der Waals surface area contributed by atoms with Crippen LogP contribution in [0.3, 0.4) is 0 Å². The van der Waals surface area contributed by atoms with Crippen LogP contribution in [0, 0.1) is 29.1 Å². The molecule has 0 spiro atoms. The first kappa shape index (κ1) is 18.5. The van der Waals surface area contributed by atoms with Gasteiger partial charge < -0.3 is 14.6 Å². The van der Waals surface area contributed by atoms with Gasteiger partial charge in [-0.15, -0.1) is 0 Å². The van der Waals surface area contributed by atoms with Crippen molar-refractivity contribution < 1.29 is 27.8 Å². The molecule has 2 saturated heterocycles. The topological polar surface area (TPSA) is 38.7 Å². The first-order valence-electron chi connectivity index (χ1n) is 8.97. The summed E-state index contributed by atoms with van der Waals surface area (Å²) >= 11 is 0. The van der Waals surface area contributed by atoms with Crippen LogP contribution in [0.5, 0.6) is 0 Å². The average molecular weight is 350 g/mol. The maximum Gasteiger partial charge on any atom is 0.443 e. The fourth-order valence-corrected chi connectivity index (χ4v) is 5.57.